The molecule has 25 heavy (non-hydrogen) atoms. The van der Waals surface area contributed by atoms with Crippen LogP contribution in [0.2, 0.25) is 0 Å². The molecule has 1 fully saturated rings. The fourth-order valence-electron chi connectivity index (χ4n) is 3.85. The van der Waals surface area contributed by atoms with Crippen LogP contribution in [0.15, 0.2) is 34.9 Å². The molecule has 1 aliphatic rings. The molecule has 0 spiro atoms. The molecule has 3 aromatic rings. The molecule has 1 amide bonds. The van der Waals surface area contributed by atoms with Crippen molar-refractivity contribution in [1.29, 1.82) is 0 Å². The molecule has 0 aromatic carbocycles. The summed E-state index contributed by atoms with van der Waals surface area (Å²) in [4.78, 5) is 15.1. The van der Waals surface area contributed by atoms with Crippen LogP contribution in [-0.4, -0.2) is 31.9 Å². The van der Waals surface area contributed by atoms with E-state index in [0.29, 0.717) is 0 Å². The van der Waals surface area contributed by atoms with Crippen LogP contribution in [0, 0.1) is 13.8 Å². The van der Waals surface area contributed by atoms with E-state index >= 15 is 0 Å². The van der Waals surface area contributed by atoms with Gasteiger partial charge in [-0.05, 0) is 51.8 Å². The maximum atomic E-state index is 13.2. The maximum absolute atomic E-state index is 13.2. The zero-order valence-corrected chi connectivity index (χ0v) is 14.8. The molecule has 0 radical (unpaired) electrons. The van der Waals surface area contributed by atoms with E-state index in [1.54, 1.807) is 0 Å². The quantitative estimate of drug-likeness (QED) is 0.734. The molecule has 0 aliphatic carbocycles. The van der Waals surface area contributed by atoms with Gasteiger partial charge in [-0.1, -0.05) is 6.07 Å². The summed E-state index contributed by atoms with van der Waals surface area (Å²) in [6.45, 7) is 6.54. The number of carbonyl (C=O) groups is 1. The van der Waals surface area contributed by atoms with Gasteiger partial charge in [-0.3, -0.25) is 9.20 Å². The summed E-state index contributed by atoms with van der Waals surface area (Å²) in [6.07, 6.45) is 3.85. The van der Waals surface area contributed by atoms with Crippen molar-refractivity contribution in [2.45, 2.75) is 45.6 Å². The molecule has 1 aliphatic heterocycles. The highest BCUT2D eigenvalue weighted by atomic mass is 16.3. The van der Waals surface area contributed by atoms with E-state index in [-0.39, 0.29) is 17.9 Å². The average Bonchev–Trinajstić information content (AvgIpc) is 3.31. The van der Waals surface area contributed by atoms with Gasteiger partial charge in [0.15, 0.2) is 11.5 Å². The summed E-state index contributed by atoms with van der Waals surface area (Å²) in [7, 11) is 0. The number of carbonyl (C=O) groups excluding carboxylic acids is 1. The second kappa shape index (κ2) is 6.02. The number of hydrogen-bond donors (Lipinski definition) is 0. The second-order valence-corrected chi connectivity index (χ2v) is 6.77. The first-order valence-electron chi connectivity index (χ1n) is 8.73. The second-order valence-electron chi connectivity index (χ2n) is 6.77. The lowest BCUT2D eigenvalue weighted by Crippen LogP contribution is -2.34. The van der Waals surface area contributed by atoms with E-state index in [4.69, 9.17) is 4.42 Å². The van der Waals surface area contributed by atoms with Crippen LogP contribution < -0.4 is 0 Å². The van der Waals surface area contributed by atoms with Gasteiger partial charge in [0.25, 0.3) is 0 Å². The Bertz CT molecular complexity index is 927. The van der Waals surface area contributed by atoms with E-state index in [2.05, 4.69) is 10.2 Å². The zero-order valence-electron chi connectivity index (χ0n) is 14.8. The maximum Gasteiger partial charge on any atom is 0.230 e. The summed E-state index contributed by atoms with van der Waals surface area (Å²) in [5.74, 6) is 2.40. The van der Waals surface area contributed by atoms with Gasteiger partial charge in [-0.15, -0.1) is 10.2 Å². The summed E-state index contributed by atoms with van der Waals surface area (Å²) >= 11 is 0. The number of likely N-dealkylation sites (tertiary alicyclic amines) is 1. The van der Waals surface area contributed by atoms with E-state index in [0.717, 1.165) is 47.9 Å². The Labute approximate surface area is 146 Å². The molecule has 0 unspecified atom stereocenters. The van der Waals surface area contributed by atoms with Crippen molar-refractivity contribution in [2.75, 3.05) is 6.54 Å². The lowest BCUT2D eigenvalue weighted by atomic mass is 9.99. The van der Waals surface area contributed by atoms with Crippen molar-refractivity contribution in [1.82, 2.24) is 19.5 Å². The van der Waals surface area contributed by atoms with Crippen LogP contribution in [0.5, 0.6) is 0 Å². The van der Waals surface area contributed by atoms with Gasteiger partial charge < -0.3 is 9.32 Å². The minimum absolute atomic E-state index is 0.0272. The first-order valence-corrected chi connectivity index (χ1v) is 8.73. The minimum atomic E-state index is -0.225. The van der Waals surface area contributed by atoms with Crippen LogP contribution in [0.1, 0.15) is 54.6 Å². The third-order valence-corrected chi connectivity index (χ3v) is 5.09. The number of hydrogen-bond acceptors (Lipinski definition) is 4. The topological polar surface area (TPSA) is 63.6 Å². The van der Waals surface area contributed by atoms with E-state index in [9.17, 15) is 4.79 Å². The van der Waals surface area contributed by atoms with Gasteiger partial charge in [0.1, 0.15) is 11.5 Å². The Morgan fingerprint density at radius 1 is 1.32 bits per heavy atom. The van der Waals surface area contributed by atoms with Gasteiger partial charge in [-0.25, -0.2) is 0 Å². The number of fused-ring (bicyclic) bond motifs is 1. The van der Waals surface area contributed by atoms with E-state index in [1.807, 2.05) is 60.5 Å². The fraction of sp³-hybridized carbons (Fsp3) is 0.421. The number of furan rings is 1. The van der Waals surface area contributed by atoms with Gasteiger partial charge in [0.2, 0.25) is 5.91 Å². The molecule has 6 heteroatoms. The normalized spacial score (nSPS) is 18.8. The lowest BCUT2D eigenvalue weighted by molar-refractivity contribution is -0.133. The molecule has 4 rings (SSSR count). The Balaban J connectivity index is 1.65. The molecular weight excluding hydrogens is 316 g/mol. The molecule has 4 heterocycles. The van der Waals surface area contributed by atoms with Crippen molar-refractivity contribution < 1.29 is 9.21 Å². The van der Waals surface area contributed by atoms with Crippen molar-refractivity contribution in [3.8, 4) is 0 Å². The molecule has 0 N–H and O–H groups in total. The predicted octanol–water partition coefficient (Wildman–Crippen LogP) is 3.41. The van der Waals surface area contributed by atoms with Crippen LogP contribution in [0.3, 0.4) is 0 Å². The average molecular weight is 338 g/mol. The number of aryl methyl sites for hydroxylation is 2. The summed E-state index contributed by atoms with van der Waals surface area (Å²) in [5.41, 5.74) is 1.78. The van der Waals surface area contributed by atoms with Crippen LogP contribution in [0.25, 0.3) is 5.65 Å². The van der Waals surface area contributed by atoms with Crippen LogP contribution in [0.4, 0.5) is 0 Å². The summed E-state index contributed by atoms with van der Waals surface area (Å²) in [6, 6.07) is 7.77. The first kappa shape index (κ1) is 15.9. The highest BCUT2D eigenvalue weighted by Gasteiger charge is 2.36. The Morgan fingerprint density at radius 2 is 2.16 bits per heavy atom. The number of pyridine rings is 1. The highest BCUT2D eigenvalue weighted by Crippen LogP contribution is 2.35. The van der Waals surface area contributed by atoms with Crippen molar-refractivity contribution in [3.63, 3.8) is 0 Å². The number of rotatable bonds is 3. The number of aromatic nitrogens is 3. The van der Waals surface area contributed by atoms with Crippen molar-refractivity contribution in [2.24, 2.45) is 0 Å². The lowest BCUT2D eigenvalue weighted by Gasteiger charge is -2.26. The van der Waals surface area contributed by atoms with Gasteiger partial charge in [-0.2, -0.15) is 0 Å². The van der Waals surface area contributed by atoms with Gasteiger partial charge >= 0.3 is 0 Å². The Morgan fingerprint density at radius 3 is 2.92 bits per heavy atom. The monoisotopic (exact) mass is 338 g/mol. The molecule has 0 bridgehead atoms. The molecule has 2 atom stereocenters. The van der Waals surface area contributed by atoms with Crippen molar-refractivity contribution >= 4 is 11.6 Å². The third-order valence-electron chi connectivity index (χ3n) is 5.09. The smallest absolute Gasteiger partial charge is 0.230 e. The Kier molecular flexibility index (Phi) is 3.82. The predicted molar refractivity (Wildman–Crippen MR) is 93.3 cm³/mol. The van der Waals surface area contributed by atoms with E-state index < -0.39 is 0 Å². The molecule has 6 nitrogen and oxygen atoms in total. The fourth-order valence-corrected chi connectivity index (χ4v) is 3.85. The standard InChI is InChI=1S/C19H22N4O2/c1-12-11-15(14(3)25-12)13(2)19(24)22-10-6-7-16(22)18-21-20-17-8-4-5-9-23(17)18/h4-5,8-9,11,13,16H,6-7,10H2,1-3H3/t13-,16-/m0/s1. The third kappa shape index (κ3) is 2.62. The number of nitrogens with zero attached hydrogens (tertiary/aromatic N) is 4. The van der Waals surface area contributed by atoms with Gasteiger partial charge in [0, 0.05) is 18.3 Å². The first-order chi connectivity index (χ1) is 12.1. The Hall–Kier alpha value is -2.63. The van der Waals surface area contributed by atoms with E-state index in [1.165, 1.54) is 0 Å². The van der Waals surface area contributed by atoms with Crippen molar-refractivity contribution in [3.05, 3.63) is 53.4 Å². The van der Waals surface area contributed by atoms with Crippen LogP contribution in [-0.2, 0) is 4.79 Å². The highest BCUT2D eigenvalue weighted by molar-refractivity contribution is 5.84. The van der Waals surface area contributed by atoms with Crippen LogP contribution >= 0.6 is 0 Å². The largest absolute Gasteiger partial charge is 0.466 e. The zero-order chi connectivity index (χ0) is 17.6. The molecule has 1 saturated heterocycles. The molecule has 3 aromatic heterocycles. The summed E-state index contributed by atoms with van der Waals surface area (Å²) in [5, 5.41) is 8.60. The van der Waals surface area contributed by atoms with Gasteiger partial charge in [0.05, 0.1) is 12.0 Å². The SMILES string of the molecule is Cc1cc([C@H](C)C(=O)N2CCC[C@H]2c2nnc3ccccn23)c(C)o1. The molecular formula is C19H22N4O2. The molecule has 130 valence electrons. The summed E-state index contributed by atoms with van der Waals surface area (Å²) < 4.78 is 7.59. The molecule has 0 saturated carbocycles. The minimum Gasteiger partial charge on any atom is -0.466 e. The number of amides is 1.